The number of hydrogen-bond acceptors (Lipinski definition) is 5. The molecule has 26 heavy (non-hydrogen) atoms. The molecule has 146 valence electrons. The second kappa shape index (κ2) is 7.62. The fourth-order valence-electron chi connectivity index (χ4n) is 2.09. The largest absolute Gasteiger partial charge is 0.481 e. The Balaban J connectivity index is 3.40. The Morgan fingerprint density at radius 1 is 1.23 bits per heavy atom. The molecular formula is C15H18F3NO6S. The molecule has 1 rings (SSSR count). The number of ether oxygens (including phenoxy) is 1. The molecule has 0 amide bonds. The molecule has 0 saturated carbocycles. The Morgan fingerprint density at radius 3 is 2.27 bits per heavy atom. The number of hydrogen-bond donors (Lipinski definition) is 2. The zero-order chi connectivity index (χ0) is 20.3. The highest BCUT2D eigenvalue weighted by molar-refractivity contribution is 7.89. The Labute approximate surface area is 148 Å². The highest BCUT2D eigenvalue weighted by Gasteiger charge is 2.35. The molecule has 0 aliphatic carbocycles. The fraction of sp³-hybridized carbons (Fsp3) is 0.467. The van der Waals surface area contributed by atoms with Gasteiger partial charge in [0.25, 0.3) is 0 Å². The highest BCUT2D eigenvalue weighted by atomic mass is 32.2. The van der Waals surface area contributed by atoms with Gasteiger partial charge in [-0.1, -0.05) is 0 Å². The Kier molecular flexibility index (Phi) is 6.42. The maximum atomic E-state index is 12.9. The van der Waals surface area contributed by atoms with Crippen LogP contribution in [0.4, 0.5) is 13.2 Å². The maximum Gasteiger partial charge on any atom is 0.416 e. The number of carbonyl (C=O) groups is 2. The molecule has 0 saturated heterocycles. The molecule has 0 atom stereocenters. The zero-order valence-electron chi connectivity index (χ0n) is 14.2. The number of benzene rings is 1. The summed E-state index contributed by atoms with van der Waals surface area (Å²) < 4.78 is 70.5. The van der Waals surface area contributed by atoms with E-state index in [-0.39, 0.29) is 12.8 Å². The van der Waals surface area contributed by atoms with Gasteiger partial charge in [-0.05, 0) is 38.5 Å². The molecule has 0 bridgehead atoms. The lowest BCUT2D eigenvalue weighted by Crippen LogP contribution is -2.44. The number of rotatable bonds is 7. The quantitative estimate of drug-likeness (QED) is 0.684. The highest BCUT2D eigenvalue weighted by Crippen LogP contribution is 2.32. The third-order valence-electron chi connectivity index (χ3n) is 3.38. The standard InChI is InChI=1S/C15H18F3NO6S/c1-14(2,7-6-12(20)21)19-26(23,24)11-8-9(15(16,17)18)4-5-10(11)13(22)25-3/h4-5,8,19H,6-7H2,1-3H3,(H,20,21). The molecule has 7 nitrogen and oxygen atoms in total. The molecule has 0 aliphatic rings. The molecule has 1 aromatic rings. The van der Waals surface area contributed by atoms with E-state index in [1.165, 1.54) is 13.8 Å². The van der Waals surface area contributed by atoms with Gasteiger partial charge in [-0.3, -0.25) is 4.79 Å². The molecule has 0 spiro atoms. The fourth-order valence-corrected chi connectivity index (χ4v) is 3.75. The van der Waals surface area contributed by atoms with Crippen molar-refractivity contribution in [1.29, 1.82) is 0 Å². The van der Waals surface area contributed by atoms with Crippen molar-refractivity contribution < 1.29 is 41.0 Å². The molecule has 0 fully saturated rings. The Morgan fingerprint density at radius 2 is 1.81 bits per heavy atom. The third-order valence-corrected chi connectivity index (χ3v) is 5.12. The van der Waals surface area contributed by atoms with E-state index >= 15 is 0 Å². The van der Waals surface area contributed by atoms with Crippen molar-refractivity contribution in [2.24, 2.45) is 0 Å². The van der Waals surface area contributed by atoms with Gasteiger partial charge in [0, 0.05) is 12.0 Å². The van der Waals surface area contributed by atoms with Gasteiger partial charge in [0.1, 0.15) is 0 Å². The SMILES string of the molecule is COC(=O)c1ccc(C(F)(F)F)cc1S(=O)(=O)NC(C)(C)CCC(=O)O. The number of aliphatic carboxylic acids is 1. The minimum absolute atomic E-state index is 0.117. The average molecular weight is 397 g/mol. The van der Waals surface area contributed by atoms with Crippen LogP contribution in [0.3, 0.4) is 0 Å². The van der Waals surface area contributed by atoms with E-state index in [1.54, 1.807) is 0 Å². The predicted molar refractivity (Wildman–Crippen MR) is 84.1 cm³/mol. The Bertz CT molecular complexity index is 802. The van der Waals surface area contributed by atoms with E-state index < -0.39 is 49.7 Å². The summed E-state index contributed by atoms with van der Waals surface area (Å²) in [6.45, 7) is 2.75. The van der Waals surface area contributed by atoms with E-state index in [4.69, 9.17) is 5.11 Å². The van der Waals surface area contributed by atoms with Crippen LogP contribution >= 0.6 is 0 Å². The van der Waals surface area contributed by atoms with Gasteiger partial charge in [0.05, 0.1) is 23.1 Å². The van der Waals surface area contributed by atoms with Crippen LogP contribution in [0.2, 0.25) is 0 Å². The summed E-state index contributed by atoms with van der Waals surface area (Å²) in [6, 6.07) is 1.62. The van der Waals surface area contributed by atoms with Gasteiger partial charge in [-0.15, -0.1) is 0 Å². The summed E-state index contributed by atoms with van der Waals surface area (Å²) in [5, 5.41) is 8.70. The van der Waals surface area contributed by atoms with Gasteiger partial charge >= 0.3 is 18.1 Å². The lowest BCUT2D eigenvalue weighted by molar-refractivity contribution is -0.138. The van der Waals surface area contributed by atoms with Crippen LogP contribution in [0.25, 0.3) is 0 Å². The first-order chi connectivity index (χ1) is 11.7. The van der Waals surface area contributed by atoms with Crippen molar-refractivity contribution in [3.63, 3.8) is 0 Å². The number of halogens is 3. The van der Waals surface area contributed by atoms with E-state index in [0.29, 0.717) is 18.2 Å². The number of carboxylic acid groups (broad SMARTS) is 1. The van der Waals surface area contributed by atoms with Crippen molar-refractivity contribution >= 4 is 22.0 Å². The van der Waals surface area contributed by atoms with Gasteiger partial charge in [0.15, 0.2) is 0 Å². The summed E-state index contributed by atoms with van der Waals surface area (Å²) in [4.78, 5) is 21.5. The molecule has 0 unspecified atom stereocenters. The maximum absolute atomic E-state index is 12.9. The van der Waals surface area contributed by atoms with Crippen molar-refractivity contribution in [1.82, 2.24) is 4.72 Å². The lowest BCUT2D eigenvalue weighted by atomic mass is 10.0. The minimum Gasteiger partial charge on any atom is -0.481 e. The number of carboxylic acids is 1. The van der Waals surface area contributed by atoms with Crippen LogP contribution in [0, 0.1) is 0 Å². The van der Waals surface area contributed by atoms with Crippen LogP contribution < -0.4 is 4.72 Å². The number of alkyl halides is 3. The monoisotopic (exact) mass is 397 g/mol. The van der Waals surface area contributed by atoms with Crippen molar-refractivity contribution in [2.45, 2.75) is 43.3 Å². The van der Waals surface area contributed by atoms with Crippen molar-refractivity contribution in [3.05, 3.63) is 29.3 Å². The first-order valence-corrected chi connectivity index (χ1v) is 8.73. The summed E-state index contributed by atoms with van der Waals surface area (Å²) in [7, 11) is -3.62. The van der Waals surface area contributed by atoms with Crippen LogP contribution in [0.5, 0.6) is 0 Å². The summed E-state index contributed by atoms with van der Waals surface area (Å²) >= 11 is 0. The number of methoxy groups -OCH3 is 1. The van der Waals surface area contributed by atoms with Gasteiger partial charge in [0.2, 0.25) is 10.0 Å². The van der Waals surface area contributed by atoms with Crippen LogP contribution in [-0.4, -0.2) is 38.1 Å². The van der Waals surface area contributed by atoms with E-state index in [1.807, 2.05) is 0 Å². The normalized spacial score (nSPS) is 12.7. The number of esters is 1. The molecule has 11 heteroatoms. The number of nitrogens with one attached hydrogen (secondary N) is 1. The van der Waals surface area contributed by atoms with E-state index in [0.717, 1.165) is 7.11 Å². The number of sulfonamides is 1. The first kappa shape index (κ1) is 21.9. The van der Waals surface area contributed by atoms with E-state index in [2.05, 4.69) is 9.46 Å². The second-order valence-corrected chi connectivity index (χ2v) is 7.73. The third kappa shape index (κ3) is 5.70. The molecule has 0 aliphatic heterocycles. The molecular weight excluding hydrogens is 379 g/mol. The molecule has 1 aromatic carbocycles. The van der Waals surface area contributed by atoms with Crippen molar-refractivity contribution in [3.8, 4) is 0 Å². The molecule has 0 radical (unpaired) electrons. The second-order valence-electron chi connectivity index (χ2n) is 6.08. The predicted octanol–water partition coefficient (Wildman–Crippen LogP) is 2.41. The number of carbonyl (C=O) groups excluding carboxylic acids is 1. The van der Waals surface area contributed by atoms with Crippen LogP contribution in [0.15, 0.2) is 23.1 Å². The minimum atomic E-state index is -4.82. The van der Waals surface area contributed by atoms with E-state index in [9.17, 15) is 31.2 Å². The molecule has 2 N–H and O–H groups in total. The van der Waals surface area contributed by atoms with Crippen molar-refractivity contribution in [2.75, 3.05) is 7.11 Å². The van der Waals surface area contributed by atoms with Gasteiger partial charge in [-0.2, -0.15) is 13.2 Å². The van der Waals surface area contributed by atoms with Crippen LogP contribution in [-0.2, 0) is 25.7 Å². The van der Waals surface area contributed by atoms with Gasteiger partial charge < -0.3 is 9.84 Å². The topological polar surface area (TPSA) is 110 Å². The summed E-state index contributed by atoms with van der Waals surface area (Å²) in [6.07, 6.45) is -5.30. The first-order valence-electron chi connectivity index (χ1n) is 7.25. The summed E-state index contributed by atoms with van der Waals surface area (Å²) in [5.41, 5.74) is -3.10. The lowest BCUT2D eigenvalue weighted by Gasteiger charge is -2.26. The smallest absolute Gasteiger partial charge is 0.416 e. The van der Waals surface area contributed by atoms with Gasteiger partial charge in [-0.25, -0.2) is 17.9 Å². The van der Waals surface area contributed by atoms with Crippen LogP contribution in [0.1, 0.15) is 42.6 Å². The molecule has 0 heterocycles. The summed E-state index contributed by atoms with van der Waals surface area (Å²) in [5.74, 6) is -2.28. The zero-order valence-corrected chi connectivity index (χ0v) is 15.0. The molecule has 0 aromatic heterocycles. The Hall–Kier alpha value is -2.14. The average Bonchev–Trinajstić information content (AvgIpc) is 2.50.